The number of rotatable bonds is 5. The van der Waals surface area contributed by atoms with Crippen molar-refractivity contribution in [3.05, 3.63) is 83.2 Å². The quantitative estimate of drug-likeness (QED) is 0.511. The Morgan fingerprint density at radius 3 is 2.60 bits per heavy atom. The molecule has 0 saturated heterocycles. The summed E-state index contributed by atoms with van der Waals surface area (Å²) in [5.74, 6) is -0.0776. The second-order valence-corrected chi connectivity index (χ2v) is 7.79. The number of hydrogen-bond acceptors (Lipinski definition) is 4. The van der Waals surface area contributed by atoms with Gasteiger partial charge in [0.25, 0.3) is 5.91 Å². The van der Waals surface area contributed by atoms with Crippen molar-refractivity contribution in [1.29, 1.82) is 0 Å². The van der Waals surface area contributed by atoms with Gasteiger partial charge in [0, 0.05) is 38.2 Å². The molecule has 152 valence electrons. The van der Waals surface area contributed by atoms with Crippen LogP contribution in [0.4, 0.5) is 0 Å². The molecule has 0 atom stereocenters. The zero-order valence-electron chi connectivity index (χ0n) is 17.8. The van der Waals surface area contributed by atoms with Crippen molar-refractivity contribution in [3.8, 4) is 11.3 Å². The summed E-state index contributed by atoms with van der Waals surface area (Å²) in [6, 6.07) is 10.6. The fourth-order valence-corrected chi connectivity index (χ4v) is 3.66. The van der Waals surface area contributed by atoms with Crippen LogP contribution in [0.25, 0.3) is 16.9 Å². The lowest BCUT2D eigenvalue weighted by Crippen LogP contribution is -2.23. The number of imidazole rings is 1. The normalized spacial score (nSPS) is 11.1. The molecule has 0 aliphatic carbocycles. The van der Waals surface area contributed by atoms with E-state index in [2.05, 4.69) is 54.1 Å². The Hall–Kier alpha value is -3.54. The van der Waals surface area contributed by atoms with Crippen LogP contribution in [0.3, 0.4) is 0 Å². The molecule has 4 aromatic rings. The average Bonchev–Trinajstić information content (AvgIpc) is 3.16. The topological polar surface area (TPSA) is 63.4 Å². The summed E-state index contributed by atoms with van der Waals surface area (Å²) in [4.78, 5) is 27.6. The van der Waals surface area contributed by atoms with Crippen LogP contribution in [-0.2, 0) is 12.8 Å². The van der Waals surface area contributed by atoms with Gasteiger partial charge in [-0.1, -0.05) is 29.8 Å². The highest BCUT2D eigenvalue weighted by molar-refractivity contribution is 5.93. The minimum absolute atomic E-state index is 0.0776. The standard InChI is InChI=1S/C24H25N5O/c1-16-6-5-7-19(12-16)22-17(2)13-18(14-26-22)8-9-20-23-27-15-21(24(30)28(3)4)29(23)11-10-25-20/h5-7,10-15H,8-9H2,1-4H3. The van der Waals surface area contributed by atoms with Crippen molar-refractivity contribution in [2.24, 2.45) is 0 Å². The van der Waals surface area contributed by atoms with Gasteiger partial charge in [-0.25, -0.2) is 4.98 Å². The van der Waals surface area contributed by atoms with Crippen LogP contribution in [-0.4, -0.2) is 44.3 Å². The Kier molecular flexibility index (Phi) is 5.31. The summed E-state index contributed by atoms with van der Waals surface area (Å²) in [6.45, 7) is 4.19. The lowest BCUT2D eigenvalue weighted by atomic mass is 10.0. The van der Waals surface area contributed by atoms with E-state index in [4.69, 9.17) is 4.98 Å². The van der Waals surface area contributed by atoms with Crippen molar-refractivity contribution in [2.45, 2.75) is 26.7 Å². The second-order valence-electron chi connectivity index (χ2n) is 7.79. The Balaban J connectivity index is 1.56. The second kappa shape index (κ2) is 8.06. The van der Waals surface area contributed by atoms with Crippen LogP contribution in [0, 0.1) is 13.8 Å². The number of pyridine rings is 1. The highest BCUT2D eigenvalue weighted by Gasteiger charge is 2.16. The van der Waals surface area contributed by atoms with Gasteiger partial charge in [-0.05, 0) is 43.9 Å². The van der Waals surface area contributed by atoms with Gasteiger partial charge in [0.1, 0.15) is 5.69 Å². The van der Waals surface area contributed by atoms with E-state index in [1.807, 2.05) is 10.6 Å². The van der Waals surface area contributed by atoms with Gasteiger partial charge in [-0.3, -0.25) is 19.2 Å². The molecule has 6 nitrogen and oxygen atoms in total. The Bertz CT molecular complexity index is 1230. The molecule has 4 rings (SSSR count). The molecule has 0 N–H and O–H groups in total. The van der Waals surface area contributed by atoms with Gasteiger partial charge in [-0.2, -0.15) is 0 Å². The summed E-state index contributed by atoms with van der Waals surface area (Å²) in [5.41, 5.74) is 7.83. The third-order valence-corrected chi connectivity index (χ3v) is 5.20. The van der Waals surface area contributed by atoms with Crippen molar-refractivity contribution < 1.29 is 4.79 Å². The number of aryl methyl sites for hydroxylation is 4. The number of carbonyl (C=O) groups is 1. The Labute approximate surface area is 176 Å². The van der Waals surface area contributed by atoms with E-state index in [0.29, 0.717) is 5.69 Å². The van der Waals surface area contributed by atoms with E-state index in [1.54, 1.807) is 37.6 Å². The average molecular weight is 399 g/mol. The lowest BCUT2D eigenvalue weighted by molar-refractivity contribution is 0.0821. The van der Waals surface area contributed by atoms with Gasteiger partial charge in [-0.15, -0.1) is 0 Å². The minimum Gasteiger partial charge on any atom is -0.343 e. The van der Waals surface area contributed by atoms with E-state index in [9.17, 15) is 4.79 Å². The van der Waals surface area contributed by atoms with E-state index >= 15 is 0 Å². The molecule has 3 heterocycles. The molecule has 6 heteroatoms. The van der Waals surface area contributed by atoms with Gasteiger partial charge < -0.3 is 4.90 Å². The molecule has 0 fully saturated rings. The number of aromatic nitrogens is 4. The zero-order chi connectivity index (χ0) is 21.3. The van der Waals surface area contributed by atoms with Crippen LogP contribution in [0.1, 0.15) is 32.9 Å². The van der Waals surface area contributed by atoms with Crippen LogP contribution >= 0.6 is 0 Å². The molecule has 0 aliphatic rings. The lowest BCUT2D eigenvalue weighted by Gasteiger charge is -2.10. The maximum Gasteiger partial charge on any atom is 0.271 e. The smallest absolute Gasteiger partial charge is 0.271 e. The molecule has 0 spiro atoms. The predicted octanol–water partition coefficient (Wildman–Crippen LogP) is 3.90. The molecule has 0 bridgehead atoms. The van der Waals surface area contributed by atoms with E-state index < -0.39 is 0 Å². The van der Waals surface area contributed by atoms with Gasteiger partial charge in [0.2, 0.25) is 0 Å². The summed E-state index contributed by atoms with van der Waals surface area (Å²) < 4.78 is 1.81. The molecule has 0 aliphatic heterocycles. The van der Waals surface area contributed by atoms with Gasteiger partial charge in [0.15, 0.2) is 5.65 Å². The monoisotopic (exact) mass is 399 g/mol. The number of carbonyl (C=O) groups excluding carboxylic acids is 1. The maximum absolute atomic E-state index is 12.4. The van der Waals surface area contributed by atoms with E-state index in [1.165, 1.54) is 5.56 Å². The Morgan fingerprint density at radius 1 is 1.03 bits per heavy atom. The highest BCUT2D eigenvalue weighted by Crippen LogP contribution is 2.23. The van der Waals surface area contributed by atoms with Gasteiger partial charge in [0.05, 0.1) is 17.6 Å². The number of nitrogens with zero attached hydrogens (tertiary/aromatic N) is 5. The van der Waals surface area contributed by atoms with Gasteiger partial charge >= 0.3 is 0 Å². The van der Waals surface area contributed by atoms with Crippen molar-refractivity contribution in [2.75, 3.05) is 14.1 Å². The molecule has 0 radical (unpaired) electrons. The summed E-state index contributed by atoms with van der Waals surface area (Å²) in [5, 5.41) is 0. The van der Waals surface area contributed by atoms with Crippen LogP contribution in [0.2, 0.25) is 0 Å². The molecule has 30 heavy (non-hydrogen) atoms. The number of fused-ring (bicyclic) bond motifs is 1. The largest absolute Gasteiger partial charge is 0.343 e. The molecule has 1 amide bonds. The minimum atomic E-state index is -0.0776. The highest BCUT2D eigenvalue weighted by atomic mass is 16.2. The molecule has 1 aromatic carbocycles. The molecule has 0 unspecified atom stereocenters. The third kappa shape index (κ3) is 3.81. The Morgan fingerprint density at radius 2 is 1.87 bits per heavy atom. The molecule has 0 saturated carbocycles. The molecule has 3 aromatic heterocycles. The first-order valence-corrected chi connectivity index (χ1v) is 9.99. The first kappa shape index (κ1) is 19.8. The fraction of sp³-hybridized carbons (Fsp3) is 0.250. The van der Waals surface area contributed by atoms with Crippen molar-refractivity contribution in [3.63, 3.8) is 0 Å². The fourth-order valence-electron chi connectivity index (χ4n) is 3.66. The third-order valence-electron chi connectivity index (χ3n) is 5.20. The molecular weight excluding hydrogens is 374 g/mol. The van der Waals surface area contributed by atoms with E-state index in [0.717, 1.165) is 46.6 Å². The summed E-state index contributed by atoms with van der Waals surface area (Å²) >= 11 is 0. The SMILES string of the molecule is Cc1cccc(-c2ncc(CCc3nccn4c(C(=O)N(C)C)cnc34)cc2C)c1. The number of benzene rings is 1. The van der Waals surface area contributed by atoms with Crippen molar-refractivity contribution >= 4 is 11.6 Å². The first-order valence-electron chi connectivity index (χ1n) is 9.99. The van der Waals surface area contributed by atoms with E-state index in [-0.39, 0.29) is 5.91 Å². The van der Waals surface area contributed by atoms with Crippen LogP contribution < -0.4 is 0 Å². The number of hydrogen-bond donors (Lipinski definition) is 0. The van der Waals surface area contributed by atoms with Crippen LogP contribution in [0.15, 0.2) is 55.1 Å². The van der Waals surface area contributed by atoms with Crippen molar-refractivity contribution in [1.82, 2.24) is 24.3 Å². The zero-order valence-corrected chi connectivity index (χ0v) is 17.8. The first-order chi connectivity index (χ1) is 14.4. The predicted molar refractivity (Wildman–Crippen MR) is 118 cm³/mol. The van der Waals surface area contributed by atoms with Crippen LogP contribution in [0.5, 0.6) is 0 Å². The molecular formula is C24H25N5O. The summed E-state index contributed by atoms with van der Waals surface area (Å²) in [6.07, 6.45) is 8.59. The maximum atomic E-state index is 12.4. The number of amides is 1. The summed E-state index contributed by atoms with van der Waals surface area (Å²) in [7, 11) is 3.47.